The molecule has 0 aliphatic heterocycles. The van der Waals surface area contributed by atoms with E-state index in [0.29, 0.717) is 27.8 Å². The van der Waals surface area contributed by atoms with Crippen LogP contribution in [0.2, 0.25) is 10.0 Å². The van der Waals surface area contributed by atoms with Gasteiger partial charge in [-0.1, -0.05) is 23.2 Å². The fourth-order valence-electron chi connectivity index (χ4n) is 3.06. The second-order valence-electron chi connectivity index (χ2n) is 6.89. The molecule has 0 saturated heterocycles. The van der Waals surface area contributed by atoms with E-state index < -0.39 is 27.7 Å². The van der Waals surface area contributed by atoms with Crippen LogP contribution in [0, 0.1) is 11.6 Å². The number of benzene rings is 2. The maximum atomic E-state index is 14.8. The van der Waals surface area contributed by atoms with Gasteiger partial charge in [0, 0.05) is 41.8 Å². The Kier molecular flexibility index (Phi) is 8.00. The number of anilines is 1. The molecule has 3 aromatic rings. The number of halogens is 4. The Morgan fingerprint density at radius 3 is 2.48 bits per heavy atom. The summed E-state index contributed by atoms with van der Waals surface area (Å²) in [4.78, 5) is 6.64. The van der Waals surface area contributed by atoms with Crippen molar-refractivity contribution in [1.82, 2.24) is 10.3 Å². The lowest BCUT2D eigenvalue weighted by atomic mass is 10.0. The first-order valence-electron chi connectivity index (χ1n) is 9.44. The van der Waals surface area contributed by atoms with Gasteiger partial charge in [0.2, 0.25) is 0 Å². The van der Waals surface area contributed by atoms with Crippen LogP contribution in [0.25, 0.3) is 0 Å². The predicted octanol–water partition coefficient (Wildman–Crippen LogP) is 5.22. The molecule has 3 rings (SSSR count). The Morgan fingerprint density at radius 1 is 1.10 bits per heavy atom. The van der Waals surface area contributed by atoms with E-state index in [9.17, 15) is 13.0 Å². The van der Waals surface area contributed by atoms with Gasteiger partial charge in [-0.3, -0.25) is 4.21 Å². The maximum Gasteiger partial charge on any atom is 0.128 e. The molecule has 0 spiro atoms. The van der Waals surface area contributed by atoms with Crippen LogP contribution < -0.4 is 10.2 Å². The number of likely N-dealkylation sites (N-methyl/N-ethyl adjacent to an activating group) is 2. The van der Waals surface area contributed by atoms with E-state index in [1.165, 1.54) is 6.20 Å². The molecule has 0 amide bonds. The average molecular weight is 484 g/mol. The van der Waals surface area contributed by atoms with Gasteiger partial charge < -0.3 is 10.2 Å². The topological polar surface area (TPSA) is 45.2 Å². The molecule has 0 aliphatic carbocycles. The molecule has 0 fully saturated rings. The number of nitrogens with zero attached hydrogens (tertiary/aromatic N) is 2. The first-order chi connectivity index (χ1) is 14.8. The van der Waals surface area contributed by atoms with E-state index in [-0.39, 0.29) is 10.6 Å². The van der Waals surface area contributed by atoms with Gasteiger partial charge in [0.05, 0.1) is 21.1 Å². The van der Waals surface area contributed by atoms with Crippen molar-refractivity contribution in [1.29, 1.82) is 0 Å². The molecule has 1 heterocycles. The Hall–Kier alpha value is -2.06. The van der Waals surface area contributed by atoms with E-state index in [2.05, 4.69) is 10.3 Å². The van der Waals surface area contributed by atoms with E-state index in [4.69, 9.17) is 23.2 Å². The van der Waals surface area contributed by atoms with Crippen LogP contribution in [0.3, 0.4) is 0 Å². The second-order valence-corrected chi connectivity index (χ2v) is 9.27. The smallest absolute Gasteiger partial charge is 0.128 e. The lowest BCUT2D eigenvalue weighted by Gasteiger charge is -2.23. The van der Waals surface area contributed by atoms with Crippen molar-refractivity contribution in [2.45, 2.75) is 10.1 Å². The normalized spacial score (nSPS) is 13.1. The standard InChI is InChI=1S/C22H21Cl2F2N3OS/c1-27-9-10-29(2)21-12-17(19(24)13-28-21)22(18-11-15(25)5-8-20(18)26)31(30)16-6-3-14(23)4-7-16/h3-8,11-13,22,27H,9-10H2,1-2H3. The van der Waals surface area contributed by atoms with Crippen LogP contribution >= 0.6 is 23.2 Å². The highest BCUT2D eigenvalue weighted by molar-refractivity contribution is 7.85. The van der Waals surface area contributed by atoms with Gasteiger partial charge in [-0.15, -0.1) is 0 Å². The minimum Gasteiger partial charge on any atom is -0.358 e. The summed E-state index contributed by atoms with van der Waals surface area (Å²) in [7, 11) is 1.90. The van der Waals surface area contributed by atoms with Crippen molar-refractivity contribution in [3.05, 3.63) is 87.5 Å². The van der Waals surface area contributed by atoms with Gasteiger partial charge in [-0.25, -0.2) is 13.8 Å². The van der Waals surface area contributed by atoms with Gasteiger partial charge in [-0.05, 0) is 61.1 Å². The SMILES string of the molecule is CNCCN(C)c1cc(C(c2cc(F)ccc2F)S(=O)c2ccc(Cl)cc2)c(Cl)cn1. The van der Waals surface area contributed by atoms with E-state index in [1.807, 2.05) is 19.0 Å². The third-order valence-corrected chi connectivity index (χ3v) is 6.98. The molecule has 1 N–H and O–H groups in total. The monoisotopic (exact) mass is 483 g/mol. The van der Waals surface area contributed by atoms with Crippen LogP contribution in [0.15, 0.2) is 59.6 Å². The molecule has 4 nitrogen and oxygen atoms in total. The summed E-state index contributed by atoms with van der Waals surface area (Å²) < 4.78 is 42.5. The molecule has 31 heavy (non-hydrogen) atoms. The number of hydrogen-bond acceptors (Lipinski definition) is 4. The number of nitrogens with one attached hydrogen (secondary N) is 1. The Morgan fingerprint density at radius 2 is 1.81 bits per heavy atom. The van der Waals surface area contributed by atoms with Crippen LogP contribution in [0.1, 0.15) is 16.4 Å². The van der Waals surface area contributed by atoms with Crippen molar-refractivity contribution in [3.63, 3.8) is 0 Å². The zero-order valence-corrected chi connectivity index (χ0v) is 19.2. The first kappa shape index (κ1) is 23.6. The third-order valence-electron chi connectivity index (χ3n) is 4.74. The summed E-state index contributed by atoms with van der Waals surface area (Å²) in [5, 5.41) is 2.69. The molecule has 0 bridgehead atoms. The molecule has 0 radical (unpaired) electrons. The molecule has 0 saturated carbocycles. The van der Waals surface area contributed by atoms with Crippen LogP contribution in [-0.2, 0) is 10.8 Å². The van der Waals surface area contributed by atoms with Crippen molar-refractivity contribution in [2.75, 3.05) is 32.1 Å². The predicted molar refractivity (Wildman–Crippen MR) is 123 cm³/mol. The summed E-state index contributed by atoms with van der Waals surface area (Å²) in [6.07, 6.45) is 1.44. The van der Waals surface area contributed by atoms with Gasteiger partial charge in [-0.2, -0.15) is 0 Å². The Labute approximate surface area is 192 Å². The zero-order chi connectivity index (χ0) is 22.5. The molecular weight excluding hydrogens is 463 g/mol. The minimum absolute atomic E-state index is 0.0507. The average Bonchev–Trinajstić information content (AvgIpc) is 2.76. The summed E-state index contributed by atoms with van der Waals surface area (Å²) in [6, 6.07) is 11.1. The molecule has 2 aromatic carbocycles. The summed E-state index contributed by atoms with van der Waals surface area (Å²) >= 11 is 12.4. The minimum atomic E-state index is -1.80. The van der Waals surface area contributed by atoms with Gasteiger partial charge >= 0.3 is 0 Å². The molecule has 164 valence electrons. The number of aromatic nitrogens is 1. The fourth-order valence-corrected chi connectivity index (χ4v) is 4.98. The van der Waals surface area contributed by atoms with Crippen LogP contribution in [0.5, 0.6) is 0 Å². The first-order valence-corrected chi connectivity index (χ1v) is 11.4. The second kappa shape index (κ2) is 10.5. The van der Waals surface area contributed by atoms with Crippen molar-refractivity contribution < 1.29 is 13.0 Å². The molecule has 2 unspecified atom stereocenters. The quantitative estimate of drug-likeness (QED) is 0.476. The van der Waals surface area contributed by atoms with Crippen LogP contribution in [-0.4, -0.2) is 36.4 Å². The molecule has 2 atom stereocenters. The fraction of sp³-hybridized carbons (Fsp3) is 0.227. The van der Waals surface area contributed by atoms with Gasteiger partial charge in [0.1, 0.15) is 17.5 Å². The third kappa shape index (κ3) is 5.60. The molecule has 1 aromatic heterocycles. The van der Waals surface area contributed by atoms with Gasteiger partial charge in [0.15, 0.2) is 0 Å². The molecular formula is C22H21Cl2F2N3OS. The van der Waals surface area contributed by atoms with E-state index in [0.717, 1.165) is 24.7 Å². The summed E-state index contributed by atoms with van der Waals surface area (Å²) in [5.74, 6) is -0.734. The lowest BCUT2D eigenvalue weighted by molar-refractivity contribution is 0.585. The molecule has 0 aliphatic rings. The van der Waals surface area contributed by atoms with Crippen molar-refractivity contribution in [2.24, 2.45) is 0 Å². The highest BCUT2D eigenvalue weighted by atomic mass is 35.5. The number of hydrogen-bond donors (Lipinski definition) is 1. The van der Waals surface area contributed by atoms with Gasteiger partial charge in [0.25, 0.3) is 0 Å². The summed E-state index contributed by atoms with van der Waals surface area (Å²) in [6.45, 7) is 1.37. The zero-order valence-electron chi connectivity index (χ0n) is 16.9. The van der Waals surface area contributed by atoms with Crippen LogP contribution in [0.4, 0.5) is 14.6 Å². The number of pyridine rings is 1. The molecule has 9 heteroatoms. The highest BCUT2D eigenvalue weighted by Crippen LogP contribution is 2.38. The van der Waals surface area contributed by atoms with E-state index >= 15 is 0 Å². The maximum absolute atomic E-state index is 14.8. The number of rotatable bonds is 8. The van der Waals surface area contributed by atoms with Crippen molar-refractivity contribution in [3.8, 4) is 0 Å². The Balaban J connectivity index is 2.15. The highest BCUT2D eigenvalue weighted by Gasteiger charge is 2.29. The lowest BCUT2D eigenvalue weighted by Crippen LogP contribution is -2.28. The Bertz CT molecular complexity index is 1080. The van der Waals surface area contributed by atoms with Crippen molar-refractivity contribution >= 4 is 39.8 Å². The van der Waals surface area contributed by atoms with E-state index in [1.54, 1.807) is 30.3 Å². The summed E-state index contributed by atoms with van der Waals surface area (Å²) in [5.41, 5.74) is 0.339. The largest absolute Gasteiger partial charge is 0.358 e.